The van der Waals surface area contributed by atoms with E-state index in [-0.39, 0.29) is 0 Å². The largest absolute Gasteiger partial charge is 0.349 e. The SMILES string of the molecule is Brc1ccsc1CNCCCc1ncc[nH]1. The summed E-state index contributed by atoms with van der Waals surface area (Å²) in [5, 5.41) is 5.53. The molecule has 0 saturated heterocycles. The zero-order chi connectivity index (χ0) is 11.2. The minimum Gasteiger partial charge on any atom is -0.349 e. The zero-order valence-corrected chi connectivity index (χ0v) is 11.3. The first-order valence-electron chi connectivity index (χ1n) is 5.27. The Kier molecular flexibility index (Phi) is 4.56. The van der Waals surface area contributed by atoms with Crippen LogP contribution in [0.5, 0.6) is 0 Å². The topological polar surface area (TPSA) is 40.7 Å². The Bertz CT molecular complexity index is 411. The third-order valence-electron chi connectivity index (χ3n) is 2.30. The second-order valence-electron chi connectivity index (χ2n) is 3.51. The molecule has 16 heavy (non-hydrogen) atoms. The van der Waals surface area contributed by atoms with Gasteiger partial charge in [0.15, 0.2) is 0 Å². The van der Waals surface area contributed by atoms with Crippen molar-refractivity contribution in [3.63, 3.8) is 0 Å². The predicted molar refractivity (Wildman–Crippen MR) is 70.6 cm³/mol. The Hall–Kier alpha value is -0.650. The van der Waals surface area contributed by atoms with Crippen LogP contribution in [0.2, 0.25) is 0 Å². The molecular weight excluding hydrogens is 286 g/mol. The molecule has 0 unspecified atom stereocenters. The van der Waals surface area contributed by atoms with Crippen LogP contribution >= 0.6 is 27.3 Å². The van der Waals surface area contributed by atoms with Crippen molar-refractivity contribution in [3.05, 3.63) is 39.0 Å². The van der Waals surface area contributed by atoms with Gasteiger partial charge in [0.2, 0.25) is 0 Å². The van der Waals surface area contributed by atoms with Crippen LogP contribution in [-0.4, -0.2) is 16.5 Å². The van der Waals surface area contributed by atoms with Crippen LogP contribution in [0.15, 0.2) is 28.3 Å². The number of nitrogens with zero attached hydrogens (tertiary/aromatic N) is 1. The van der Waals surface area contributed by atoms with Crippen molar-refractivity contribution in [2.75, 3.05) is 6.54 Å². The van der Waals surface area contributed by atoms with Crippen LogP contribution in [0.1, 0.15) is 17.1 Å². The fourth-order valence-electron chi connectivity index (χ4n) is 1.47. The molecule has 2 aromatic heterocycles. The summed E-state index contributed by atoms with van der Waals surface area (Å²) in [4.78, 5) is 8.65. The molecule has 86 valence electrons. The maximum absolute atomic E-state index is 4.19. The molecule has 0 aliphatic heterocycles. The number of aromatic amines is 1. The number of imidazole rings is 1. The van der Waals surface area contributed by atoms with Gasteiger partial charge in [-0.15, -0.1) is 11.3 Å². The normalized spacial score (nSPS) is 10.8. The van der Waals surface area contributed by atoms with Crippen molar-refractivity contribution in [1.29, 1.82) is 0 Å². The van der Waals surface area contributed by atoms with Crippen molar-refractivity contribution in [2.24, 2.45) is 0 Å². The predicted octanol–water partition coefficient (Wildman–Crippen LogP) is 2.96. The molecule has 0 amide bonds. The van der Waals surface area contributed by atoms with Gasteiger partial charge >= 0.3 is 0 Å². The third kappa shape index (κ3) is 3.43. The lowest BCUT2D eigenvalue weighted by atomic mass is 10.3. The molecule has 2 aromatic rings. The molecule has 0 aliphatic carbocycles. The Morgan fingerprint density at radius 2 is 2.44 bits per heavy atom. The highest BCUT2D eigenvalue weighted by Crippen LogP contribution is 2.21. The number of thiophene rings is 1. The van der Waals surface area contributed by atoms with Crippen molar-refractivity contribution >= 4 is 27.3 Å². The molecule has 3 nitrogen and oxygen atoms in total. The van der Waals surface area contributed by atoms with E-state index in [1.54, 1.807) is 17.5 Å². The van der Waals surface area contributed by atoms with Crippen molar-refractivity contribution < 1.29 is 0 Å². The fraction of sp³-hybridized carbons (Fsp3) is 0.364. The van der Waals surface area contributed by atoms with E-state index in [0.717, 1.165) is 31.8 Å². The van der Waals surface area contributed by atoms with E-state index in [0.29, 0.717) is 0 Å². The lowest BCUT2D eigenvalue weighted by molar-refractivity contribution is 0.644. The lowest BCUT2D eigenvalue weighted by Crippen LogP contribution is -2.15. The first kappa shape index (κ1) is 11.8. The van der Waals surface area contributed by atoms with Gasteiger partial charge < -0.3 is 10.3 Å². The van der Waals surface area contributed by atoms with Crippen LogP contribution in [0.3, 0.4) is 0 Å². The van der Waals surface area contributed by atoms with E-state index in [9.17, 15) is 0 Å². The molecule has 0 bridgehead atoms. The monoisotopic (exact) mass is 299 g/mol. The average Bonchev–Trinajstić information content (AvgIpc) is 2.90. The maximum atomic E-state index is 4.19. The van der Waals surface area contributed by atoms with E-state index in [1.165, 1.54) is 9.35 Å². The van der Waals surface area contributed by atoms with Gasteiger partial charge in [-0.05, 0) is 40.3 Å². The number of rotatable bonds is 6. The quantitative estimate of drug-likeness (QED) is 0.805. The van der Waals surface area contributed by atoms with Crippen LogP contribution < -0.4 is 5.32 Å². The lowest BCUT2D eigenvalue weighted by Gasteiger charge is -2.02. The molecular formula is C11H14BrN3S. The van der Waals surface area contributed by atoms with Crippen LogP contribution in [0.25, 0.3) is 0 Å². The summed E-state index contributed by atoms with van der Waals surface area (Å²) in [6.07, 6.45) is 5.78. The summed E-state index contributed by atoms with van der Waals surface area (Å²) in [5.41, 5.74) is 0. The highest BCUT2D eigenvalue weighted by atomic mass is 79.9. The summed E-state index contributed by atoms with van der Waals surface area (Å²) >= 11 is 5.30. The van der Waals surface area contributed by atoms with E-state index >= 15 is 0 Å². The number of H-pyrrole nitrogens is 1. The van der Waals surface area contributed by atoms with Gasteiger partial charge in [0, 0.05) is 34.7 Å². The first-order valence-corrected chi connectivity index (χ1v) is 6.94. The summed E-state index contributed by atoms with van der Waals surface area (Å²) < 4.78 is 1.20. The second kappa shape index (κ2) is 6.18. The van der Waals surface area contributed by atoms with E-state index < -0.39 is 0 Å². The number of nitrogens with one attached hydrogen (secondary N) is 2. The molecule has 2 rings (SSSR count). The number of aromatic nitrogens is 2. The minimum atomic E-state index is 0.941. The molecule has 0 aliphatic rings. The van der Waals surface area contributed by atoms with Gasteiger partial charge in [-0.25, -0.2) is 4.98 Å². The van der Waals surface area contributed by atoms with Gasteiger partial charge in [0.1, 0.15) is 5.82 Å². The average molecular weight is 300 g/mol. The molecule has 2 N–H and O–H groups in total. The fourth-order valence-corrected chi connectivity index (χ4v) is 2.93. The van der Waals surface area contributed by atoms with Gasteiger partial charge in [-0.3, -0.25) is 0 Å². The molecule has 5 heteroatoms. The summed E-state index contributed by atoms with van der Waals surface area (Å²) in [5.74, 6) is 1.07. The summed E-state index contributed by atoms with van der Waals surface area (Å²) in [7, 11) is 0. The van der Waals surface area contributed by atoms with Gasteiger partial charge in [-0.2, -0.15) is 0 Å². The van der Waals surface area contributed by atoms with E-state index in [2.05, 4.69) is 42.7 Å². The van der Waals surface area contributed by atoms with Gasteiger partial charge in [0.05, 0.1) is 0 Å². The van der Waals surface area contributed by atoms with E-state index in [1.807, 2.05) is 6.20 Å². The van der Waals surface area contributed by atoms with Crippen molar-refractivity contribution in [3.8, 4) is 0 Å². The Labute approximate surface area is 107 Å². The summed E-state index contributed by atoms with van der Waals surface area (Å²) in [6, 6.07) is 2.09. The first-order chi connectivity index (χ1) is 7.86. The number of hydrogen-bond acceptors (Lipinski definition) is 3. The highest BCUT2D eigenvalue weighted by molar-refractivity contribution is 9.10. The highest BCUT2D eigenvalue weighted by Gasteiger charge is 2.00. The number of hydrogen-bond donors (Lipinski definition) is 2. The maximum Gasteiger partial charge on any atom is 0.106 e. The Morgan fingerprint density at radius 1 is 1.50 bits per heavy atom. The Balaban J connectivity index is 1.61. The molecule has 2 heterocycles. The van der Waals surface area contributed by atoms with Gasteiger partial charge in [-0.1, -0.05) is 0 Å². The van der Waals surface area contributed by atoms with Crippen LogP contribution in [0, 0.1) is 0 Å². The molecule has 0 radical (unpaired) electrons. The third-order valence-corrected chi connectivity index (χ3v) is 4.22. The van der Waals surface area contributed by atoms with Crippen molar-refractivity contribution in [2.45, 2.75) is 19.4 Å². The van der Waals surface area contributed by atoms with Crippen LogP contribution in [0.4, 0.5) is 0 Å². The standard InChI is InChI=1S/C11H14BrN3S/c12-9-3-7-16-10(9)8-13-4-1-2-11-14-5-6-15-11/h3,5-7,13H,1-2,4,8H2,(H,14,15). The molecule has 0 fully saturated rings. The zero-order valence-electron chi connectivity index (χ0n) is 8.87. The molecule has 0 atom stereocenters. The second-order valence-corrected chi connectivity index (χ2v) is 5.36. The molecule has 0 saturated carbocycles. The molecule has 0 spiro atoms. The number of aryl methyl sites for hydroxylation is 1. The van der Waals surface area contributed by atoms with E-state index in [4.69, 9.17) is 0 Å². The molecule has 0 aromatic carbocycles. The van der Waals surface area contributed by atoms with Gasteiger partial charge in [0.25, 0.3) is 0 Å². The summed E-state index contributed by atoms with van der Waals surface area (Å²) in [6.45, 7) is 1.96. The number of halogens is 1. The minimum absolute atomic E-state index is 0.941. The Morgan fingerprint density at radius 3 is 3.12 bits per heavy atom. The van der Waals surface area contributed by atoms with Crippen molar-refractivity contribution in [1.82, 2.24) is 15.3 Å². The van der Waals surface area contributed by atoms with Crippen LogP contribution in [-0.2, 0) is 13.0 Å². The smallest absolute Gasteiger partial charge is 0.106 e.